The number of amides is 1. The van der Waals surface area contributed by atoms with E-state index in [2.05, 4.69) is 26.1 Å². The highest BCUT2D eigenvalue weighted by Gasteiger charge is 2.22. The molecule has 3 rings (SSSR count). The summed E-state index contributed by atoms with van der Waals surface area (Å²) in [4.78, 5) is 12.7. The lowest BCUT2D eigenvalue weighted by atomic mass is 9.92. The summed E-state index contributed by atoms with van der Waals surface area (Å²) in [6.07, 6.45) is 0. The molecule has 1 aromatic heterocycles. The van der Waals surface area contributed by atoms with E-state index in [-0.39, 0.29) is 11.3 Å². The lowest BCUT2D eigenvalue weighted by Gasteiger charge is -2.14. The van der Waals surface area contributed by atoms with Gasteiger partial charge in [0.1, 0.15) is 17.3 Å². The Morgan fingerprint density at radius 2 is 1.46 bits per heavy atom. The third-order valence-electron chi connectivity index (χ3n) is 4.39. The van der Waals surface area contributed by atoms with Crippen LogP contribution in [0, 0.1) is 0 Å². The van der Waals surface area contributed by atoms with Gasteiger partial charge in [0.15, 0.2) is 0 Å². The first-order chi connectivity index (χ1) is 13.3. The first kappa shape index (κ1) is 19.5. The number of anilines is 1. The number of carbonyl (C=O) groups excluding carboxylic acids is 1. The standard InChI is InChI=1S/C22H25N3O3/c1-22(2,3)19-14-20(23-21(26)15-6-10-17(27-4)11-7-15)25(24-19)16-8-12-18(28-5)13-9-16/h6-14H,1-5H3,(H,23,26). The molecule has 0 unspecified atom stereocenters. The van der Waals surface area contributed by atoms with Crippen molar-refractivity contribution < 1.29 is 14.3 Å². The number of aromatic nitrogens is 2. The number of benzene rings is 2. The third-order valence-corrected chi connectivity index (χ3v) is 4.39. The van der Waals surface area contributed by atoms with Gasteiger partial charge >= 0.3 is 0 Å². The molecule has 0 aliphatic heterocycles. The van der Waals surface area contributed by atoms with Crippen LogP contribution in [0.2, 0.25) is 0 Å². The first-order valence-corrected chi connectivity index (χ1v) is 9.02. The molecule has 2 aromatic carbocycles. The molecule has 0 atom stereocenters. The molecular formula is C22H25N3O3. The van der Waals surface area contributed by atoms with E-state index in [4.69, 9.17) is 14.6 Å². The van der Waals surface area contributed by atoms with Crippen LogP contribution in [0.3, 0.4) is 0 Å². The van der Waals surface area contributed by atoms with Crippen LogP contribution < -0.4 is 14.8 Å². The molecule has 1 heterocycles. The molecule has 0 aliphatic rings. The minimum Gasteiger partial charge on any atom is -0.497 e. The second kappa shape index (κ2) is 7.76. The van der Waals surface area contributed by atoms with Crippen LogP contribution in [-0.2, 0) is 5.41 Å². The van der Waals surface area contributed by atoms with E-state index in [0.29, 0.717) is 17.1 Å². The van der Waals surface area contributed by atoms with Gasteiger partial charge in [-0.15, -0.1) is 0 Å². The fourth-order valence-corrected chi connectivity index (χ4v) is 2.69. The maximum atomic E-state index is 12.7. The van der Waals surface area contributed by atoms with Crippen LogP contribution in [-0.4, -0.2) is 29.9 Å². The minimum absolute atomic E-state index is 0.155. The zero-order valence-corrected chi connectivity index (χ0v) is 16.8. The Bertz CT molecular complexity index is 952. The maximum absolute atomic E-state index is 12.7. The number of nitrogens with one attached hydrogen (secondary N) is 1. The molecule has 6 heteroatoms. The monoisotopic (exact) mass is 379 g/mol. The van der Waals surface area contributed by atoms with Crippen LogP contribution in [0.1, 0.15) is 36.8 Å². The molecule has 0 saturated carbocycles. The van der Waals surface area contributed by atoms with Crippen molar-refractivity contribution in [2.45, 2.75) is 26.2 Å². The number of hydrogen-bond acceptors (Lipinski definition) is 4. The maximum Gasteiger partial charge on any atom is 0.256 e. The van der Waals surface area contributed by atoms with Crippen molar-refractivity contribution in [1.82, 2.24) is 9.78 Å². The van der Waals surface area contributed by atoms with Crippen molar-refractivity contribution in [2.75, 3.05) is 19.5 Å². The number of rotatable bonds is 5. The van der Waals surface area contributed by atoms with Crippen molar-refractivity contribution in [3.8, 4) is 17.2 Å². The van der Waals surface area contributed by atoms with Crippen molar-refractivity contribution in [3.05, 3.63) is 65.9 Å². The van der Waals surface area contributed by atoms with Crippen LogP contribution in [0.25, 0.3) is 5.69 Å². The molecule has 0 aliphatic carbocycles. The van der Waals surface area contributed by atoms with E-state index in [1.165, 1.54) is 0 Å². The zero-order chi connectivity index (χ0) is 20.3. The summed E-state index contributed by atoms with van der Waals surface area (Å²) in [6, 6.07) is 16.4. The normalized spacial score (nSPS) is 11.2. The van der Waals surface area contributed by atoms with Gasteiger partial charge in [-0.05, 0) is 48.5 Å². The van der Waals surface area contributed by atoms with Crippen LogP contribution in [0.4, 0.5) is 5.82 Å². The van der Waals surface area contributed by atoms with E-state index >= 15 is 0 Å². The Morgan fingerprint density at radius 1 is 0.929 bits per heavy atom. The fourth-order valence-electron chi connectivity index (χ4n) is 2.69. The average Bonchev–Trinajstić information content (AvgIpc) is 3.12. The first-order valence-electron chi connectivity index (χ1n) is 9.02. The van der Waals surface area contributed by atoms with E-state index in [1.807, 2.05) is 30.3 Å². The van der Waals surface area contributed by atoms with Crippen LogP contribution >= 0.6 is 0 Å². The average molecular weight is 379 g/mol. The third kappa shape index (κ3) is 4.17. The van der Waals surface area contributed by atoms with Gasteiger partial charge in [0.2, 0.25) is 0 Å². The zero-order valence-electron chi connectivity index (χ0n) is 16.8. The second-order valence-corrected chi connectivity index (χ2v) is 7.46. The molecular weight excluding hydrogens is 354 g/mol. The Labute approximate surface area is 165 Å². The summed E-state index contributed by atoms with van der Waals surface area (Å²) >= 11 is 0. The Kier molecular flexibility index (Phi) is 5.40. The smallest absolute Gasteiger partial charge is 0.256 e. The molecule has 0 radical (unpaired) electrons. The number of carbonyl (C=O) groups is 1. The molecule has 0 bridgehead atoms. The van der Waals surface area contributed by atoms with Gasteiger partial charge in [0, 0.05) is 17.0 Å². The molecule has 28 heavy (non-hydrogen) atoms. The molecule has 146 valence electrons. The Hall–Kier alpha value is -3.28. The molecule has 1 amide bonds. The molecule has 6 nitrogen and oxygen atoms in total. The molecule has 0 fully saturated rings. The van der Waals surface area contributed by atoms with Crippen molar-refractivity contribution in [1.29, 1.82) is 0 Å². The highest BCUT2D eigenvalue weighted by atomic mass is 16.5. The quantitative estimate of drug-likeness (QED) is 0.712. The summed E-state index contributed by atoms with van der Waals surface area (Å²) in [5.41, 5.74) is 2.10. The lowest BCUT2D eigenvalue weighted by Crippen LogP contribution is -2.15. The van der Waals surface area contributed by atoms with Gasteiger partial charge in [-0.2, -0.15) is 5.10 Å². The molecule has 0 spiro atoms. The van der Waals surface area contributed by atoms with E-state index in [0.717, 1.165) is 17.1 Å². The SMILES string of the molecule is COc1ccc(C(=O)Nc2cc(C(C)(C)C)nn2-c2ccc(OC)cc2)cc1. The number of methoxy groups -OCH3 is 2. The number of hydrogen-bond donors (Lipinski definition) is 1. The van der Waals surface area contributed by atoms with E-state index in [1.54, 1.807) is 43.2 Å². The lowest BCUT2D eigenvalue weighted by molar-refractivity contribution is 0.102. The van der Waals surface area contributed by atoms with Gasteiger partial charge in [0.25, 0.3) is 5.91 Å². The minimum atomic E-state index is -0.210. The summed E-state index contributed by atoms with van der Waals surface area (Å²) < 4.78 is 12.1. The molecule has 3 aromatic rings. The summed E-state index contributed by atoms with van der Waals surface area (Å²) in [5.74, 6) is 1.86. The predicted octanol–water partition coefficient (Wildman–Crippen LogP) is 4.44. The number of ether oxygens (including phenoxy) is 2. The highest BCUT2D eigenvalue weighted by molar-refractivity contribution is 6.04. The van der Waals surface area contributed by atoms with Gasteiger partial charge < -0.3 is 14.8 Å². The Balaban J connectivity index is 1.95. The van der Waals surface area contributed by atoms with Gasteiger partial charge in [-0.3, -0.25) is 4.79 Å². The predicted molar refractivity (Wildman–Crippen MR) is 110 cm³/mol. The number of nitrogens with zero attached hydrogens (tertiary/aromatic N) is 2. The second-order valence-electron chi connectivity index (χ2n) is 7.46. The summed E-state index contributed by atoms with van der Waals surface area (Å²) in [5, 5.41) is 7.70. The molecule has 1 N–H and O–H groups in total. The largest absolute Gasteiger partial charge is 0.497 e. The van der Waals surface area contributed by atoms with Crippen LogP contribution in [0.15, 0.2) is 54.6 Å². The summed E-state index contributed by atoms with van der Waals surface area (Å²) in [6.45, 7) is 6.26. The van der Waals surface area contributed by atoms with E-state index in [9.17, 15) is 4.79 Å². The van der Waals surface area contributed by atoms with Crippen LogP contribution in [0.5, 0.6) is 11.5 Å². The van der Waals surface area contributed by atoms with Gasteiger partial charge in [-0.25, -0.2) is 4.68 Å². The summed E-state index contributed by atoms with van der Waals surface area (Å²) in [7, 11) is 3.22. The van der Waals surface area contributed by atoms with Crippen molar-refractivity contribution >= 4 is 11.7 Å². The highest BCUT2D eigenvalue weighted by Crippen LogP contribution is 2.27. The van der Waals surface area contributed by atoms with E-state index < -0.39 is 0 Å². The Morgan fingerprint density at radius 3 is 1.96 bits per heavy atom. The molecule has 0 saturated heterocycles. The topological polar surface area (TPSA) is 65.4 Å². The van der Waals surface area contributed by atoms with Gasteiger partial charge in [-0.1, -0.05) is 20.8 Å². The van der Waals surface area contributed by atoms with Crippen molar-refractivity contribution in [2.24, 2.45) is 0 Å². The van der Waals surface area contributed by atoms with Gasteiger partial charge in [0.05, 0.1) is 25.6 Å². The van der Waals surface area contributed by atoms with Crippen molar-refractivity contribution in [3.63, 3.8) is 0 Å². The fraction of sp³-hybridized carbons (Fsp3) is 0.273.